The minimum Gasteiger partial charge on any atom is -0.0985 e. The van der Waals surface area contributed by atoms with E-state index in [9.17, 15) is 0 Å². The van der Waals surface area contributed by atoms with Crippen molar-refractivity contribution in [3.05, 3.63) is 54.6 Å². The summed E-state index contributed by atoms with van der Waals surface area (Å²) in [4.78, 5) is 0. The third kappa shape index (κ3) is 3.06. The minimum atomic E-state index is 1.10. The van der Waals surface area contributed by atoms with Gasteiger partial charge in [-0.2, -0.15) is 0 Å². The lowest BCUT2D eigenvalue weighted by Gasteiger charge is -2.01. The van der Waals surface area contributed by atoms with Crippen molar-refractivity contribution in [2.45, 2.75) is 13.8 Å². The zero-order chi connectivity index (χ0) is 11.0. The molecule has 0 aromatic heterocycles. The van der Waals surface area contributed by atoms with Gasteiger partial charge >= 0.3 is 0 Å². The SMILES string of the molecule is C=Cc1ccc(C=C)c(C=C)c1.CC. The van der Waals surface area contributed by atoms with Gasteiger partial charge in [-0.25, -0.2) is 0 Å². The molecule has 1 rings (SSSR count). The summed E-state index contributed by atoms with van der Waals surface area (Å²) in [7, 11) is 0. The van der Waals surface area contributed by atoms with Crippen molar-refractivity contribution in [3.63, 3.8) is 0 Å². The third-order valence-electron chi connectivity index (χ3n) is 1.79. The average Bonchev–Trinajstić information content (AvgIpc) is 2.30. The van der Waals surface area contributed by atoms with Crippen molar-refractivity contribution in [2.24, 2.45) is 0 Å². The van der Waals surface area contributed by atoms with Gasteiger partial charge in [-0.1, -0.05) is 63.9 Å². The molecule has 0 bridgehead atoms. The fourth-order valence-corrected chi connectivity index (χ4v) is 1.08. The van der Waals surface area contributed by atoms with Crippen LogP contribution in [0.4, 0.5) is 0 Å². The second-order valence-electron chi connectivity index (χ2n) is 2.50. The lowest BCUT2D eigenvalue weighted by molar-refractivity contribution is 1.50. The lowest BCUT2D eigenvalue weighted by atomic mass is 10.0. The van der Waals surface area contributed by atoms with Crippen LogP contribution in [0.5, 0.6) is 0 Å². The van der Waals surface area contributed by atoms with Gasteiger partial charge in [-0.3, -0.25) is 0 Å². The Morgan fingerprint density at radius 3 is 1.86 bits per heavy atom. The first-order valence-electron chi connectivity index (χ1n) is 4.83. The van der Waals surface area contributed by atoms with E-state index in [-0.39, 0.29) is 0 Å². The van der Waals surface area contributed by atoms with Crippen LogP contribution in [0.25, 0.3) is 18.2 Å². The average molecular weight is 186 g/mol. The molecular formula is C14H18. The van der Waals surface area contributed by atoms with Gasteiger partial charge in [0, 0.05) is 0 Å². The summed E-state index contributed by atoms with van der Waals surface area (Å²) in [5.74, 6) is 0. The largest absolute Gasteiger partial charge is 0.0985 e. The molecule has 0 amide bonds. The summed E-state index contributed by atoms with van der Waals surface area (Å²) >= 11 is 0. The molecule has 0 spiro atoms. The molecule has 0 nitrogen and oxygen atoms in total. The molecule has 0 aliphatic carbocycles. The zero-order valence-electron chi connectivity index (χ0n) is 9.09. The summed E-state index contributed by atoms with van der Waals surface area (Å²) in [6, 6.07) is 6.06. The van der Waals surface area contributed by atoms with Crippen molar-refractivity contribution >= 4 is 18.2 Å². The van der Waals surface area contributed by atoms with Crippen LogP contribution in [0.15, 0.2) is 37.9 Å². The van der Waals surface area contributed by atoms with Crippen LogP contribution in [0.1, 0.15) is 30.5 Å². The van der Waals surface area contributed by atoms with E-state index in [4.69, 9.17) is 0 Å². The molecule has 0 unspecified atom stereocenters. The molecule has 74 valence electrons. The fraction of sp³-hybridized carbons (Fsp3) is 0.143. The number of rotatable bonds is 3. The first-order valence-corrected chi connectivity index (χ1v) is 4.83. The molecule has 14 heavy (non-hydrogen) atoms. The van der Waals surface area contributed by atoms with E-state index in [1.54, 1.807) is 0 Å². The fourth-order valence-electron chi connectivity index (χ4n) is 1.08. The highest BCUT2D eigenvalue weighted by molar-refractivity contribution is 5.66. The van der Waals surface area contributed by atoms with Gasteiger partial charge in [0.2, 0.25) is 0 Å². The van der Waals surface area contributed by atoms with E-state index in [0.29, 0.717) is 0 Å². The van der Waals surface area contributed by atoms with E-state index < -0.39 is 0 Å². The smallest absolute Gasteiger partial charge is 0.0184 e. The Morgan fingerprint density at radius 2 is 1.43 bits per heavy atom. The molecule has 0 saturated heterocycles. The molecule has 0 aliphatic rings. The lowest BCUT2D eigenvalue weighted by Crippen LogP contribution is -1.81. The predicted molar refractivity (Wildman–Crippen MR) is 68.1 cm³/mol. The van der Waals surface area contributed by atoms with Gasteiger partial charge in [0.1, 0.15) is 0 Å². The Balaban J connectivity index is 0.000000791. The summed E-state index contributed by atoms with van der Waals surface area (Å²) in [5.41, 5.74) is 3.31. The van der Waals surface area contributed by atoms with Crippen LogP contribution in [0, 0.1) is 0 Å². The molecule has 1 aromatic carbocycles. The number of hydrogen-bond donors (Lipinski definition) is 0. The summed E-state index contributed by atoms with van der Waals surface area (Å²) in [6.07, 6.45) is 5.47. The highest BCUT2D eigenvalue weighted by atomic mass is 14.0. The first-order chi connectivity index (χ1) is 6.81. The van der Waals surface area contributed by atoms with Crippen molar-refractivity contribution < 1.29 is 0 Å². The van der Waals surface area contributed by atoms with Crippen LogP contribution in [-0.4, -0.2) is 0 Å². The second kappa shape index (κ2) is 6.90. The minimum absolute atomic E-state index is 1.10. The van der Waals surface area contributed by atoms with E-state index in [0.717, 1.165) is 16.7 Å². The topological polar surface area (TPSA) is 0 Å². The van der Waals surface area contributed by atoms with Crippen LogP contribution in [0.2, 0.25) is 0 Å². The summed E-state index contributed by atoms with van der Waals surface area (Å²) in [6.45, 7) is 15.2. The second-order valence-corrected chi connectivity index (χ2v) is 2.50. The molecule has 0 aliphatic heterocycles. The van der Waals surface area contributed by atoms with Crippen LogP contribution >= 0.6 is 0 Å². The molecular weight excluding hydrogens is 168 g/mol. The first kappa shape index (κ1) is 12.4. The number of hydrogen-bond acceptors (Lipinski definition) is 0. The highest BCUT2D eigenvalue weighted by Gasteiger charge is 1.94. The van der Waals surface area contributed by atoms with Crippen molar-refractivity contribution in [3.8, 4) is 0 Å². The summed E-state index contributed by atoms with van der Waals surface area (Å²) in [5, 5.41) is 0. The van der Waals surface area contributed by atoms with Crippen LogP contribution < -0.4 is 0 Å². The normalized spacial score (nSPS) is 8.14. The van der Waals surface area contributed by atoms with Gasteiger partial charge in [-0.15, -0.1) is 0 Å². The molecule has 1 aromatic rings. The van der Waals surface area contributed by atoms with E-state index in [1.165, 1.54) is 0 Å². The monoisotopic (exact) mass is 186 g/mol. The molecule has 0 heterocycles. The van der Waals surface area contributed by atoms with E-state index in [1.807, 2.05) is 50.3 Å². The maximum Gasteiger partial charge on any atom is -0.0184 e. The Kier molecular flexibility index (Phi) is 6.13. The van der Waals surface area contributed by atoms with Gasteiger partial charge < -0.3 is 0 Å². The predicted octanol–water partition coefficient (Wildman–Crippen LogP) is 4.64. The Bertz CT molecular complexity index is 319. The Hall–Kier alpha value is -1.56. The van der Waals surface area contributed by atoms with Gasteiger partial charge in [-0.05, 0) is 22.8 Å². The van der Waals surface area contributed by atoms with Crippen molar-refractivity contribution in [2.75, 3.05) is 0 Å². The molecule has 0 fully saturated rings. The van der Waals surface area contributed by atoms with Crippen molar-refractivity contribution in [1.82, 2.24) is 0 Å². The van der Waals surface area contributed by atoms with Gasteiger partial charge in [0.25, 0.3) is 0 Å². The molecule has 0 N–H and O–H groups in total. The van der Waals surface area contributed by atoms with E-state index >= 15 is 0 Å². The number of benzene rings is 1. The van der Waals surface area contributed by atoms with Crippen molar-refractivity contribution in [1.29, 1.82) is 0 Å². The van der Waals surface area contributed by atoms with E-state index in [2.05, 4.69) is 19.7 Å². The molecule has 0 heteroatoms. The molecule has 0 radical (unpaired) electrons. The quantitative estimate of drug-likeness (QED) is 0.645. The third-order valence-corrected chi connectivity index (χ3v) is 1.79. The van der Waals surface area contributed by atoms with Crippen LogP contribution in [-0.2, 0) is 0 Å². The van der Waals surface area contributed by atoms with Crippen LogP contribution in [0.3, 0.4) is 0 Å². The van der Waals surface area contributed by atoms with Gasteiger partial charge in [0.05, 0.1) is 0 Å². The molecule has 0 saturated carbocycles. The maximum atomic E-state index is 3.73. The summed E-state index contributed by atoms with van der Waals surface area (Å²) < 4.78 is 0. The maximum absolute atomic E-state index is 3.73. The standard InChI is InChI=1S/C12H12.C2H6/c1-4-10-7-8-11(5-2)12(6-3)9-10;1-2/h4-9H,1-3H2;1-2H3. The highest BCUT2D eigenvalue weighted by Crippen LogP contribution is 2.14. The Morgan fingerprint density at radius 1 is 0.857 bits per heavy atom. The zero-order valence-corrected chi connectivity index (χ0v) is 9.09. The Labute approximate surface area is 87.3 Å². The van der Waals surface area contributed by atoms with Gasteiger partial charge in [0.15, 0.2) is 0 Å². The molecule has 0 atom stereocenters.